The van der Waals surface area contributed by atoms with E-state index in [0.717, 1.165) is 35.3 Å². The van der Waals surface area contributed by atoms with Crippen LogP contribution >= 0.6 is 27.3 Å². The molecule has 4 nitrogen and oxygen atoms in total. The summed E-state index contributed by atoms with van der Waals surface area (Å²) in [6, 6.07) is 7.46. The quantitative estimate of drug-likeness (QED) is 0.539. The van der Waals surface area contributed by atoms with Gasteiger partial charge in [-0.15, -0.1) is 11.3 Å². The third kappa shape index (κ3) is 3.49. The standard InChI is InChI=1S/C18H20BrNO3S/c1-11(2)23-18(22)12-5-3-4-10-20-13(12)6-7-14(20)17(21)15-8-9-16(19)24-15/h6-9,11-12H,3-5,10H2,1-2H3. The number of carbonyl (C=O) groups excluding carboxylic acids is 2. The number of thiophene rings is 1. The van der Waals surface area contributed by atoms with Gasteiger partial charge >= 0.3 is 5.97 Å². The van der Waals surface area contributed by atoms with Crippen molar-refractivity contribution >= 4 is 39.0 Å². The van der Waals surface area contributed by atoms with Crippen LogP contribution in [0.3, 0.4) is 0 Å². The van der Waals surface area contributed by atoms with Gasteiger partial charge in [0.2, 0.25) is 5.78 Å². The van der Waals surface area contributed by atoms with E-state index in [-0.39, 0.29) is 23.8 Å². The summed E-state index contributed by atoms with van der Waals surface area (Å²) in [5.74, 6) is -0.467. The highest BCUT2D eigenvalue weighted by atomic mass is 79.9. The molecule has 0 fully saturated rings. The van der Waals surface area contributed by atoms with E-state index in [1.807, 2.05) is 42.7 Å². The Bertz CT molecular complexity index is 762. The van der Waals surface area contributed by atoms with Crippen molar-refractivity contribution in [3.05, 3.63) is 44.3 Å². The van der Waals surface area contributed by atoms with Crippen LogP contribution in [0.1, 0.15) is 60.1 Å². The molecule has 0 saturated heterocycles. The fourth-order valence-corrected chi connectivity index (χ4v) is 4.45. The molecule has 1 unspecified atom stereocenters. The molecule has 1 aliphatic rings. The lowest BCUT2D eigenvalue weighted by atomic mass is 10.00. The first-order chi connectivity index (χ1) is 11.5. The third-order valence-electron chi connectivity index (χ3n) is 4.16. The summed E-state index contributed by atoms with van der Waals surface area (Å²) in [7, 11) is 0. The Hall–Kier alpha value is -1.40. The molecule has 24 heavy (non-hydrogen) atoms. The Morgan fingerprint density at radius 1 is 1.25 bits per heavy atom. The second-order valence-corrected chi connectivity index (χ2v) is 8.72. The summed E-state index contributed by atoms with van der Waals surface area (Å²) in [5.41, 5.74) is 1.56. The number of nitrogens with zero attached hydrogens (tertiary/aromatic N) is 1. The first-order valence-electron chi connectivity index (χ1n) is 8.17. The Balaban J connectivity index is 1.94. The number of hydrogen-bond acceptors (Lipinski definition) is 4. The molecule has 1 aliphatic heterocycles. The highest BCUT2D eigenvalue weighted by molar-refractivity contribution is 9.11. The zero-order valence-corrected chi connectivity index (χ0v) is 16.2. The van der Waals surface area contributed by atoms with Gasteiger partial charge in [0, 0.05) is 12.2 Å². The number of aromatic nitrogens is 1. The van der Waals surface area contributed by atoms with Crippen molar-refractivity contribution in [3.63, 3.8) is 0 Å². The Labute approximate surface area is 153 Å². The first-order valence-corrected chi connectivity index (χ1v) is 9.78. The Kier molecular flexibility index (Phi) is 5.25. The minimum absolute atomic E-state index is 0.00910. The molecule has 0 aliphatic carbocycles. The predicted octanol–water partition coefficient (Wildman–Crippen LogP) is 4.76. The second kappa shape index (κ2) is 7.23. The smallest absolute Gasteiger partial charge is 0.315 e. The highest BCUT2D eigenvalue weighted by Gasteiger charge is 2.30. The molecule has 0 aromatic carbocycles. The average Bonchev–Trinajstić information content (AvgIpc) is 3.07. The number of rotatable bonds is 4. The number of ketones is 1. The highest BCUT2D eigenvalue weighted by Crippen LogP contribution is 2.32. The van der Waals surface area contributed by atoms with Crippen molar-refractivity contribution in [1.82, 2.24) is 4.57 Å². The van der Waals surface area contributed by atoms with E-state index in [1.54, 1.807) is 0 Å². The minimum atomic E-state index is -0.286. The van der Waals surface area contributed by atoms with Crippen LogP contribution in [-0.2, 0) is 16.1 Å². The lowest BCUT2D eigenvalue weighted by molar-refractivity contribution is -0.149. The van der Waals surface area contributed by atoms with E-state index in [4.69, 9.17) is 4.74 Å². The van der Waals surface area contributed by atoms with Gasteiger partial charge in [0.25, 0.3) is 0 Å². The number of fused-ring (bicyclic) bond motifs is 1. The maximum Gasteiger partial charge on any atom is 0.315 e. The van der Waals surface area contributed by atoms with Crippen molar-refractivity contribution in [1.29, 1.82) is 0 Å². The number of hydrogen-bond donors (Lipinski definition) is 0. The average molecular weight is 410 g/mol. The van der Waals surface area contributed by atoms with E-state index >= 15 is 0 Å². The fourth-order valence-electron chi connectivity index (χ4n) is 3.12. The van der Waals surface area contributed by atoms with Gasteiger partial charge in [0.15, 0.2) is 0 Å². The summed E-state index contributed by atoms with van der Waals surface area (Å²) in [6.45, 7) is 4.48. The van der Waals surface area contributed by atoms with E-state index in [1.165, 1.54) is 11.3 Å². The molecule has 0 saturated carbocycles. The lowest BCUT2D eigenvalue weighted by Crippen LogP contribution is -2.21. The summed E-state index contributed by atoms with van der Waals surface area (Å²) in [5, 5.41) is 0. The zero-order valence-electron chi connectivity index (χ0n) is 13.8. The summed E-state index contributed by atoms with van der Waals surface area (Å²) in [6.07, 6.45) is 2.56. The normalized spacial score (nSPS) is 17.4. The minimum Gasteiger partial charge on any atom is -0.462 e. The molecular weight excluding hydrogens is 390 g/mol. The van der Waals surface area contributed by atoms with Gasteiger partial charge in [-0.05, 0) is 66.9 Å². The molecule has 2 aromatic heterocycles. The van der Waals surface area contributed by atoms with Gasteiger partial charge in [0.05, 0.1) is 26.4 Å². The number of ether oxygens (including phenoxy) is 1. The van der Waals surface area contributed by atoms with Crippen LogP contribution in [0.25, 0.3) is 0 Å². The largest absolute Gasteiger partial charge is 0.462 e. The van der Waals surface area contributed by atoms with Crippen LogP contribution in [0.2, 0.25) is 0 Å². The van der Waals surface area contributed by atoms with Crippen molar-refractivity contribution in [2.45, 2.75) is 51.7 Å². The van der Waals surface area contributed by atoms with Gasteiger partial charge < -0.3 is 9.30 Å². The second-order valence-electron chi connectivity index (χ2n) is 6.26. The van der Waals surface area contributed by atoms with E-state index in [2.05, 4.69) is 15.9 Å². The zero-order chi connectivity index (χ0) is 17.3. The molecule has 128 valence electrons. The first kappa shape index (κ1) is 17.4. The van der Waals surface area contributed by atoms with Gasteiger partial charge in [-0.2, -0.15) is 0 Å². The van der Waals surface area contributed by atoms with Crippen molar-refractivity contribution in [3.8, 4) is 0 Å². The van der Waals surface area contributed by atoms with Gasteiger partial charge in [0.1, 0.15) is 0 Å². The van der Waals surface area contributed by atoms with Crippen LogP contribution in [-0.4, -0.2) is 22.4 Å². The topological polar surface area (TPSA) is 48.3 Å². The summed E-state index contributed by atoms with van der Waals surface area (Å²) in [4.78, 5) is 26.0. The summed E-state index contributed by atoms with van der Waals surface area (Å²) < 4.78 is 8.36. The Morgan fingerprint density at radius 2 is 2.04 bits per heavy atom. The predicted molar refractivity (Wildman–Crippen MR) is 97.7 cm³/mol. The van der Waals surface area contributed by atoms with Crippen molar-refractivity contribution in [2.24, 2.45) is 0 Å². The lowest BCUT2D eigenvalue weighted by Gasteiger charge is -2.17. The molecule has 3 rings (SSSR count). The molecule has 1 atom stereocenters. The van der Waals surface area contributed by atoms with Gasteiger partial charge in [-0.1, -0.05) is 6.42 Å². The molecule has 2 aromatic rings. The molecule has 0 amide bonds. The van der Waals surface area contributed by atoms with Crippen LogP contribution in [0.15, 0.2) is 28.1 Å². The monoisotopic (exact) mass is 409 g/mol. The maximum absolute atomic E-state index is 12.8. The van der Waals surface area contributed by atoms with Crippen LogP contribution in [0.4, 0.5) is 0 Å². The molecular formula is C18H20BrNO3S. The van der Waals surface area contributed by atoms with E-state index < -0.39 is 0 Å². The molecule has 0 radical (unpaired) electrons. The van der Waals surface area contributed by atoms with Crippen LogP contribution in [0.5, 0.6) is 0 Å². The van der Waals surface area contributed by atoms with E-state index in [9.17, 15) is 9.59 Å². The molecule has 0 bridgehead atoms. The molecule has 0 N–H and O–H groups in total. The number of esters is 1. The van der Waals surface area contributed by atoms with Gasteiger partial charge in [-0.25, -0.2) is 0 Å². The molecule has 3 heterocycles. The maximum atomic E-state index is 12.8. The number of carbonyl (C=O) groups is 2. The van der Waals surface area contributed by atoms with Gasteiger partial charge in [-0.3, -0.25) is 9.59 Å². The number of halogens is 1. The van der Waals surface area contributed by atoms with Crippen molar-refractivity contribution < 1.29 is 14.3 Å². The van der Waals surface area contributed by atoms with Crippen molar-refractivity contribution in [2.75, 3.05) is 0 Å². The summed E-state index contributed by atoms with van der Waals surface area (Å²) >= 11 is 4.83. The van der Waals surface area contributed by atoms with E-state index in [0.29, 0.717) is 10.6 Å². The van der Waals surface area contributed by atoms with Crippen LogP contribution in [0, 0.1) is 0 Å². The molecule has 0 spiro atoms. The SMILES string of the molecule is CC(C)OC(=O)C1CCCCn2c(C(=O)c3ccc(Br)s3)ccc21. The van der Waals surface area contributed by atoms with Crippen LogP contribution < -0.4 is 0 Å². The third-order valence-corrected chi connectivity index (χ3v) is 5.78. The molecule has 6 heteroatoms. The fraction of sp³-hybridized carbons (Fsp3) is 0.444. The Morgan fingerprint density at radius 3 is 2.71 bits per heavy atom.